The van der Waals surface area contributed by atoms with Crippen LogP contribution in [0.2, 0.25) is 0 Å². The highest BCUT2D eigenvalue weighted by molar-refractivity contribution is 8.00. The lowest BCUT2D eigenvalue weighted by Gasteiger charge is -2.06. The number of hydrogen-bond donors (Lipinski definition) is 0. The topological polar surface area (TPSA) is 3.88 Å². The van der Waals surface area contributed by atoms with Crippen molar-refractivity contribution in [1.29, 1.82) is 0 Å². The molecule has 1 fully saturated rings. The number of nitrogens with zero attached hydrogens (tertiary/aromatic N) is 1. The highest BCUT2D eigenvalue weighted by Crippen LogP contribution is 2.33. The van der Waals surface area contributed by atoms with Gasteiger partial charge < -0.3 is 0 Å². The summed E-state index contributed by atoms with van der Waals surface area (Å²) in [5, 5.41) is 0.882. The van der Waals surface area contributed by atoms with Crippen molar-refractivity contribution >= 4 is 11.8 Å². The summed E-state index contributed by atoms with van der Waals surface area (Å²) in [5.41, 5.74) is 0. The van der Waals surface area contributed by atoms with Crippen LogP contribution in [0, 0.1) is 0 Å². The van der Waals surface area contributed by atoms with Crippen LogP contribution in [0.1, 0.15) is 25.7 Å². The van der Waals surface area contributed by atoms with Gasteiger partial charge in [0.1, 0.15) is 7.05 Å². The average molecular weight is 194 g/mol. The average Bonchev–Trinajstić information content (AvgIpc) is 2.62. The van der Waals surface area contributed by atoms with Crippen molar-refractivity contribution in [3.8, 4) is 0 Å². The molecule has 0 bridgehead atoms. The van der Waals surface area contributed by atoms with Crippen molar-refractivity contribution in [1.82, 2.24) is 0 Å². The van der Waals surface area contributed by atoms with Crippen molar-refractivity contribution in [2.45, 2.75) is 35.8 Å². The third kappa shape index (κ3) is 2.47. The molecule has 0 atom stereocenters. The summed E-state index contributed by atoms with van der Waals surface area (Å²) in [7, 11) is 2.06. The highest BCUT2D eigenvalue weighted by Gasteiger charge is 2.16. The molecule has 0 unspecified atom stereocenters. The molecule has 0 amide bonds. The summed E-state index contributed by atoms with van der Waals surface area (Å²) in [6.07, 6.45) is 9.92. The molecule has 1 aliphatic rings. The fourth-order valence-electron chi connectivity index (χ4n) is 1.76. The lowest BCUT2D eigenvalue weighted by atomic mass is 10.4. The summed E-state index contributed by atoms with van der Waals surface area (Å²) in [6.45, 7) is 0. The Kier molecular flexibility index (Phi) is 2.89. The lowest BCUT2D eigenvalue weighted by Crippen LogP contribution is -2.25. The molecule has 0 aromatic carbocycles. The van der Waals surface area contributed by atoms with Crippen LogP contribution in [0.25, 0.3) is 0 Å². The van der Waals surface area contributed by atoms with Crippen molar-refractivity contribution in [2.24, 2.45) is 7.05 Å². The van der Waals surface area contributed by atoms with Crippen LogP contribution in [0.15, 0.2) is 29.4 Å². The van der Waals surface area contributed by atoms with Crippen LogP contribution >= 0.6 is 11.8 Å². The third-order valence-corrected chi connectivity index (χ3v) is 3.90. The maximum absolute atomic E-state index is 2.21. The van der Waals surface area contributed by atoms with Gasteiger partial charge >= 0.3 is 0 Å². The predicted molar refractivity (Wildman–Crippen MR) is 55.7 cm³/mol. The zero-order valence-corrected chi connectivity index (χ0v) is 8.89. The molecule has 70 valence electrons. The Morgan fingerprint density at radius 3 is 2.46 bits per heavy atom. The SMILES string of the molecule is C[n+]1ccc(SC2CCCC2)cc1. The van der Waals surface area contributed by atoms with Crippen LogP contribution < -0.4 is 4.57 Å². The van der Waals surface area contributed by atoms with E-state index < -0.39 is 0 Å². The van der Waals surface area contributed by atoms with Gasteiger partial charge in [-0.1, -0.05) is 12.8 Å². The highest BCUT2D eigenvalue weighted by atomic mass is 32.2. The van der Waals surface area contributed by atoms with E-state index >= 15 is 0 Å². The fourth-order valence-corrected chi connectivity index (χ4v) is 3.00. The first-order valence-electron chi connectivity index (χ1n) is 4.96. The van der Waals surface area contributed by atoms with Crippen molar-refractivity contribution in [3.63, 3.8) is 0 Å². The molecule has 1 nitrogen and oxygen atoms in total. The Morgan fingerprint density at radius 2 is 1.85 bits per heavy atom. The van der Waals surface area contributed by atoms with Gasteiger partial charge in [-0.3, -0.25) is 0 Å². The van der Waals surface area contributed by atoms with Gasteiger partial charge in [0.2, 0.25) is 0 Å². The van der Waals surface area contributed by atoms with Gasteiger partial charge in [0.05, 0.1) is 0 Å². The van der Waals surface area contributed by atoms with Crippen molar-refractivity contribution < 1.29 is 4.57 Å². The first-order chi connectivity index (χ1) is 6.34. The van der Waals surface area contributed by atoms with Gasteiger partial charge in [-0.15, -0.1) is 11.8 Å². The van der Waals surface area contributed by atoms with E-state index in [2.05, 4.69) is 36.1 Å². The van der Waals surface area contributed by atoms with E-state index in [9.17, 15) is 0 Å². The lowest BCUT2D eigenvalue weighted by molar-refractivity contribution is -0.671. The normalized spacial score (nSPS) is 17.9. The van der Waals surface area contributed by atoms with Gasteiger partial charge in [-0.05, 0) is 12.8 Å². The summed E-state index contributed by atoms with van der Waals surface area (Å²) in [5.74, 6) is 0. The van der Waals surface area contributed by atoms with Gasteiger partial charge in [-0.25, -0.2) is 4.57 Å². The molecule has 13 heavy (non-hydrogen) atoms. The molecule has 1 aliphatic carbocycles. The molecule has 0 aliphatic heterocycles. The summed E-state index contributed by atoms with van der Waals surface area (Å²) < 4.78 is 2.08. The third-order valence-electron chi connectivity index (χ3n) is 2.55. The number of aryl methyl sites for hydroxylation is 1. The first-order valence-corrected chi connectivity index (χ1v) is 5.84. The Balaban J connectivity index is 1.97. The Hall–Kier alpha value is -0.500. The number of rotatable bonds is 2. The number of hydrogen-bond acceptors (Lipinski definition) is 1. The van der Waals surface area contributed by atoms with Crippen molar-refractivity contribution in [3.05, 3.63) is 24.5 Å². The quantitative estimate of drug-likeness (QED) is 0.654. The minimum atomic E-state index is 0.882. The van der Waals surface area contributed by atoms with E-state index in [-0.39, 0.29) is 0 Å². The molecule has 0 N–H and O–H groups in total. The van der Waals surface area contributed by atoms with E-state index in [1.54, 1.807) is 0 Å². The fraction of sp³-hybridized carbons (Fsp3) is 0.545. The molecule has 1 heterocycles. The summed E-state index contributed by atoms with van der Waals surface area (Å²) >= 11 is 2.05. The van der Waals surface area contributed by atoms with Crippen LogP contribution in [-0.2, 0) is 7.05 Å². The van der Waals surface area contributed by atoms with Crippen LogP contribution in [0.4, 0.5) is 0 Å². The van der Waals surface area contributed by atoms with E-state index in [4.69, 9.17) is 0 Å². The Labute approximate surface area is 84.2 Å². The summed E-state index contributed by atoms with van der Waals surface area (Å²) in [4.78, 5) is 1.42. The molecule has 1 aromatic rings. The number of thioether (sulfide) groups is 1. The van der Waals surface area contributed by atoms with E-state index in [0.29, 0.717) is 0 Å². The smallest absolute Gasteiger partial charge is 0.169 e. The maximum Gasteiger partial charge on any atom is 0.169 e. The Bertz CT molecular complexity index is 262. The number of pyridine rings is 1. The van der Waals surface area contributed by atoms with Gasteiger partial charge in [0.15, 0.2) is 12.4 Å². The molecular weight excluding hydrogens is 178 g/mol. The molecule has 1 saturated carbocycles. The second-order valence-electron chi connectivity index (χ2n) is 3.72. The second-order valence-corrected chi connectivity index (χ2v) is 5.10. The molecule has 1 aromatic heterocycles. The standard InChI is InChI=1S/C11H16NS/c1-12-8-6-11(7-9-12)13-10-4-2-3-5-10/h6-10H,2-5H2,1H3/q+1. The molecule has 0 radical (unpaired) electrons. The molecule has 0 spiro atoms. The predicted octanol–water partition coefficient (Wildman–Crippen LogP) is 2.55. The minimum absolute atomic E-state index is 0.882. The van der Waals surface area contributed by atoms with E-state index in [0.717, 1.165) is 5.25 Å². The zero-order chi connectivity index (χ0) is 9.10. The molecule has 2 heteroatoms. The van der Waals surface area contributed by atoms with Crippen LogP contribution in [0.5, 0.6) is 0 Å². The Morgan fingerprint density at radius 1 is 1.23 bits per heavy atom. The number of aromatic nitrogens is 1. The van der Waals surface area contributed by atoms with Gasteiger partial charge in [0, 0.05) is 22.3 Å². The van der Waals surface area contributed by atoms with Crippen LogP contribution in [-0.4, -0.2) is 5.25 Å². The van der Waals surface area contributed by atoms with Crippen molar-refractivity contribution in [2.75, 3.05) is 0 Å². The largest absolute Gasteiger partial charge is 0.208 e. The molecular formula is C11H16NS+. The van der Waals surface area contributed by atoms with Gasteiger partial charge in [0.25, 0.3) is 0 Å². The van der Waals surface area contributed by atoms with E-state index in [1.807, 2.05) is 11.8 Å². The second kappa shape index (κ2) is 4.14. The van der Waals surface area contributed by atoms with Gasteiger partial charge in [-0.2, -0.15) is 0 Å². The minimum Gasteiger partial charge on any atom is -0.208 e. The zero-order valence-electron chi connectivity index (χ0n) is 8.07. The molecule has 0 saturated heterocycles. The monoisotopic (exact) mass is 194 g/mol. The maximum atomic E-state index is 2.21. The van der Waals surface area contributed by atoms with Crippen LogP contribution in [0.3, 0.4) is 0 Å². The summed E-state index contributed by atoms with van der Waals surface area (Å²) in [6, 6.07) is 4.42. The first kappa shape index (κ1) is 9.07. The van der Waals surface area contributed by atoms with E-state index in [1.165, 1.54) is 30.6 Å². The molecule has 2 rings (SSSR count).